The first-order valence-corrected chi connectivity index (χ1v) is 7.64. The van der Waals surface area contributed by atoms with Crippen LogP contribution in [0.15, 0.2) is 40.9 Å². The van der Waals surface area contributed by atoms with E-state index in [2.05, 4.69) is 26.2 Å². The summed E-state index contributed by atoms with van der Waals surface area (Å²) in [7, 11) is 0. The van der Waals surface area contributed by atoms with Crippen molar-refractivity contribution >= 4 is 48.3 Å². The van der Waals surface area contributed by atoms with Gasteiger partial charge in [0, 0.05) is 4.47 Å². The Balaban J connectivity index is 1.95. The third kappa shape index (κ3) is 3.07. The van der Waals surface area contributed by atoms with Gasteiger partial charge in [-0.1, -0.05) is 27.3 Å². The molecule has 2 aromatic carbocycles. The van der Waals surface area contributed by atoms with Gasteiger partial charge in [-0.25, -0.2) is 9.37 Å². The van der Waals surface area contributed by atoms with E-state index in [0.717, 1.165) is 23.5 Å². The van der Waals surface area contributed by atoms with Gasteiger partial charge in [-0.3, -0.25) is 0 Å². The zero-order chi connectivity index (χ0) is 15.9. The van der Waals surface area contributed by atoms with E-state index in [1.54, 1.807) is 6.07 Å². The van der Waals surface area contributed by atoms with Gasteiger partial charge in [0.25, 0.3) is 0 Å². The Labute approximate surface area is 134 Å². The summed E-state index contributed by atoms with van der Waals surface area (Å²) in [6, 6.07) is 7.78. The molecule has 0 unspecified atom stereocenters. The number of benzene rings is 2. The van der Waals surface area contributed by atoms with Crippen molar-refractivity contribution in [2.24, 2.45) is 0 Å². The number of nitrogens with zero attached hydrogens (tertiary/aromatic N) is 1. The normalized spacial score (nSPS) is 11.9. The molecule has 1 aromatic heterocycles. The minimum atomic E-state index is -4.40. The van der Waals surface area contributed by atoms with E-state index in [1.807, 2.05) is 0 Å². The molecule has 0 bridgehead atoms. The zero-order valence-electron chi connectivity index (χ0n) is 10.7. The van der Waals surface area contributed by atoms with Crippen molar-refractivity contribution in [3.8, 4) is 0 Å². The van der Waals surface area contributed by atoms with E-state index in [1.165, 1.54) is 18.2 Å². The summed E-state index contributed by atoms with van der Waals surface area (Å²) in [6.07, 6.45) is -4.40. The molecule has 1 heterocycles. The molecule has 2 nitrogen and oxygen atoms in total. The second-order valence-corrected chi connectivity index (χ2v) is 6.39. The molecule has 8 heteroatoms. The lowest BCUT2D eigenvalue weighted by Gasteiger charge is -2.04. The lowest BCUT2D eigenvalue weighted by molar-refractivity contribution is -0.137. The topological polar surface area (TPSA) is 24.9 Å². The molecule has 114 valence electrons. The summed E-state index contributed by atoms with van der Waals surface area (Å²) in [4.78, 5) is 4.16. The Morgan fingerprint density at radius 3 is 2.55 bits per heavy atom. The van der Waals surface area contributed by atoms with Gasteiger partial charge in [0.2, 0.25) is 0 Å². The first-order chi connectivity index (χ1) is 10.3. The minimum Gasteiger partial charge on any atom is -0.329 e. The Kier molecular flexibility index (Phi) is 3.82. The third-order valence-corrected chi connectivity index (χ3v) is 4.32. The predicted octanol–water partition coefficient (Wildman–Crippen LogP) is 5.96. The van der Waals surface area contributed by atoms with Gasteiger partial charge < -0.3 is 5.32 Å². The van der Waals surface area contributed by atoms with Crippen LogP contribution in [0.3, 0.4) is 0 Å². The lowest BCUT2D eigenvalue weighted by Crippen LogP contribution is -2.03. The summed E-state index contributed by atoms with van der Waals surface area (Å²) in [5, 5.41) is 3.11. The van der Waals surface area contributed by atoms with E-state index in [-0.39, 0.29) is 5.69 Å². The summed E-state index contributed by atoms with van der Waals surface area (Å²) in [5.74, 6) is -0.482. The molecular formula is C14H7BrF4N2S. The Morgan fingerprint density at radius 1 is 1.09 bits per heavy atom. The molecule has 22 heavy (non-hydrogen) atoms. The quantitative estimate of drug-likeness (QED) is 0.546. The highest BCUT2D eigenvalue weighted by atomic mass is 79.9. The number of hydrogen-bond donors (Lipinski definition) is 1. The number of thiazole rings is 1. The highest BCUT2D eigenvalue weighted by molar-refractivity contribution is 9.10. The largest absolute Gasteiger partial charge is 0.416 e. The molecule has 0 aliphatic rings. The average molecular weight is 391 g/mol. The smallest absolute Gasteiger partial charge is 0.329 e. The fourth-order valence-electron chi connectivity index (χ4n) is 1.86. The van der Waals surface area contributed by atoms with Crippen LogP contribution in [0.5, 0.6) is 0 Å². The van der Waals surface area contributed by atoms with Gasteiger partial charge in [-0.05, 0) is 36.4 Å². The number of rotatable bonds is 2. The van der Waals surface area contributed by atoms with Gasteiger partial charge >= 0.3 is 6.18 Å². The number of halogens is 5. The molecule has 0 amide bonds. The molecule has 0 spiro atoms. The molecule has 3 aromatic rings. The van der Waals surface area contributed by atoms with Crippen molar-refractivity contribution in [3.05, 3.63) is 52.3 Å². The van der Waals surface area contributed by atoms with Crippen molar-refractivity contribution in [3.63, 3.8) is 0 Å². The number of anilines is 2. The van der Waals surface area contributed by atoms with Crippen LogP contribution in [0.4, 0.5) is 28.4 Å². The van der Waals surface area contributed by atoms with Crippen LogP contribution in [-0.2, 0) is 6.18 Å². The molecule has 3 rings (SSSR count). The fourth-order valence-corrected chi connectivity index (χ4v) is 3.11. The second-order valence-electron chi connectivity index (χ2n) is 4.45. The second kappa shape index (κ2) is 5.51. The Bertz CT molecular complexity index is 844. The van der Waals surface area contributed by atoms with E-state index in [0.29, 0.717) is 19.8 Å². The molecule has 0 fully saturated rings. The standard InChI is InChI=1S/C14H7BrF4N2S/c15-8-2-4-10(9(16)6-8)20-13-21-11-3-1-7(14(17,18)19)5-12(11)22-13/h1-6H,(H,20,21). The van der Waals surface area contributed by atoms with E-state index in [9.17, 15) is 17.6 Å². The summed E-state index contributed by atoms with van der Waals surface area (Å²) in [5.41, 5.74) is -0.0960. The Morgan fingerprint density at radius 2 is 1.86 bits per heavy atom. The van der Waals surface area contributed by atoms with Crippen LogP contribution in [0.1, 0.15) is 5.56 Å². The number of aromatic nitrogens is 1. The van der Waals surface area contributed by atoms with E-state index >= 15 is 0 Å². The maximum absolute atomic E-state index is 13.7. The third-order valence-electron chi connectivity index (χ3n) is 2.89. The van der Waals surface area contributed by atoms with Crippen molar-refractivity contribution < 1.29 is 17.6 Å². The molecule has 0 atom stereocenters. The van der Waals surface area contributed by atoms with Gasteiger partial charge in [0.1, 0.15) is 5.82 Å². The van der Waals surface area contributed by atoms with Gasteiger partial charge in [0.15, 0.2) is 5.13 Å². The zero-order valence-corrected chi connectivity index (χ0v) is 13.1. The number of fused-ring (bicyclic) bond motifs is 1. The molecule has 0 radical (unpaired) electrons. The predicted molar refractivity (Wildman–Crippen MR) is 82.0 cm³/mol. The van der Waals surface area contributed by atoms with E-state index in [4.69, 9.17) is 0 Å². The van der Waals surface area contributed by atoms with Gasteiger partial charge in [-0.15, -0.1) is 0 Å². The van der Waals surface area contributed by atoms with Crippen molar-refractivity contribution in [2.75, 3.05) is 5.32 Å². The van der Waals surface area contributed by atoms with Crippen molar-refractivity contribution in [1.82, 2.24) is 4.98 Å². The van der Waals surface area contributed by atoms with Crippen LogP contribution in [0.25, 0.3) is 10.2 Å². The first-order valence-electron chi connectivity index (χ1n) is 6.03. The average Bonchev–Trinajstić information content (AvgIpc) is 2.82. The first kappa shape index (κ1) is 15.2. The number of hydrogen-bond acceptors (Lipinski definition) is 3. The van der Waals surface area contributed by atoms with Crippen LogP contribution < -0.4 is 5.32 Å². The van der Waals surface area contributed by atoms with Crippen LogP contribution in [-0.4, -0.2) is 4.98 Å². The maximum atomic E-state index is 13.7. The fraction of sp³-hybridized carbons (Fsp3) is 0.0714. The Hall–Kier alpha value is -1.67. The summed E-state index contributed by atoms with van der Waals surface area (Å²) in [6.45, 7) is 0. The summed E-state index contributed by atoms with van der Waals surface area (Å²) < 4.78 is 52.7. The number of alkyl halides is 3. The lowest BCUT2D eigenvalue weighted by atomic mass is 10.2. The SMILES string of the molecule is Fc1cc(Br)ccc1Nc1nc2ccc(C(F)(F)F)cc2s1. The highest BCUT2D eigenvalue weighted by Crippen LogP contribution is 2.35. The maximum Gasteiger partial charge on any atom is 0.416 e. The molecule has 0 aliphatic heterocycles. The number of nitrogens with one attached hydrogen (secondary N) is 1. The highest BCUT2D eigenvalue weighted by Gasteiger charge is 2.30. The van der Waals surface area contributed by atoms with Crippen molar-refractivity contribution in [1.29, 1.82) is 0 Å². The monoisotopic (exact) mass is 390 g/mol. The van der Waals surface area contributed by atoms with E-state index < -0.39 is 17.6 Å². The van der Waals surface area contributed by atoms with Gasteiger partial charge in [0.05, 0.1) is 21.5 Å². The minimum absolute atomic E-state index is 0.207. The molecule has 1 N–H and O–H groups in total. The van der Waals surface area contributed by atoms with Crippen LogP contribution >= 0.6 is 27.3 Å². The van der Waals surface area contributed by atoms with Crippen molar-refractivity contribution in [2.45, 2.75) is 6.18 Å². The molecular weight excluding hydrogens is 384 g/mol. The van der Waals surface area contributed by atoms with Gasteiger partial charge in [-0.2, -0.15) is 13.2 Å². The summed E-state index contributed by atoms with van der Waals surface area (Å²) >= 11 is 4.18. The van der Waals surface area contributed by atoms with Crippen LogP contribution in [0, 0.1) is 5.82 Å². The van der Waals surface area contributed by atoms with Crippen LogP contribution in [0.2, 0.25) is 0 Å². The molecule has 0 saturated carbocycles. The molecule has 0 aliphatic carbocycles. The molecule has 0 saturated heterocycles.